The van der Waals surface area contributed by atoms with Crippen molar-refractivity contribution in [3.05, 3.63) is 29.3 Å². The van der Waals surface area contributed by atoms with E-state index >= 15 is 0 Å². The van der Waals surface area contributed by atoms with Crippen molar-refractivity contribution in [3.8, 4) is 0 Å². The van der Waals surface area contributed by atoms with E-state index in [-0.39, 0.29) is 11.3 Å². The first kappa shape index (κ1) is 15.1. The Morgan fingerprint density at radius 3 is 2.56 bits per heavy atom. The van der Waals surface area contributed by atoms with Crippen LogP contribution in [0.15, 0.2) is 23.1 Å². The number of nitrogens with one attached hydrogen (secondary N) is 1. The van der Waals surface area contributed by atoms with Crippen molar-refractivity contribution in [3.63, 3.8) is 0 Å². The molecule has 0 saturated carbocycles. The van der Waals surface area contributed by atoms with Crippen molar-refractivity contribution in [2.45, 2.75) is 39.5 Å². The minimum absolute atomic E-state index is 0.0144. The van der Waals surface area contributed by atoms with Crippen LogP contribution in [0.2, 0.25) is 0 Å². The molecule has 0 spiro atoms. The van der Waals surface area contributed by atoms with Gasteiger partial charge in [-0.2, -0.15) is 0 Å². The smallest absolute Gasteiger partial charge is 0.251 e. The van der Waals surface area contributed by atoms with Gasteiger partial charge in [-0.15, -0.1) is 12.6 Å². The quantitative estimate of drug-likeness (QED) is 0.802. The molecular weight excluding hydrogens is 242 g/mol. The molecule has 0 aliphatic carbocycles. The third kappa shape index (κ3) is 4.05. The number of amides is 1. The zero-order chi connectivity index (χ0) is 13.9. The Hall–Kier alpha value is -0.960. The van der Waals surface area contributed by atoms with Gasteiger partial charge in [0.1, 0.15) is 0 Å². The van der Waals surface area contributed by atoms with E-state index in [4.69, 9.17) is 0 Å². The molecule has 1 unspecified atom stereocenters. The second-order valence-electron chi connectivity index (χ2n) is 5.98. The van der Waals surface area contributed by atoms with Crippen LogP contribution >= 0.6 is 12.6 Å². The summed E-state index contributed by atoms with van der Waals surface area (Å²) in [5.74, 6) is 0.417. The molecule has 0 bridgehead atoms. The first-order chi connectivity index (χ1) is 8.21. The lowest BCUT2D eigenvalue weighted by Gasteiger charge is -2.27. The van der Waals surface area contributed by atoms with Crippen LogP contribution in [0.1, 0.15) is 43.6 Å². The Balaban J connectivity index is 2.69. The van der Waals surface area contributed by atoms with Gasteiger partial charge in [-0.1, -0.05) is 33.8 Å². The molecule has 18 heavy (non-hydrogen) atoms. The highest BCUT2D eigenvalue weighted by atomic mass is 32.1. The lowest BCUT2D eigenvalue weighted by atomic mass is 9.82. The Morgan fingerprint density at radius 1 is 1.39 bits per heavy atom. The normalized spacial score (nSPS) is 13.2. The van der Waals surface area contributed by atoms with Crippen molar-refractivity contribution in [1.29, 1.82) is 0 Å². The largest absolute Gasteiger partial charge is 0.352 e. The summed E-state index contributed by atoms with van der Waals surface area (Å²) in [4.78, 5) is 12.9. The van der Waals surface area contributed by atoms with Crippen molar-refractivity contribution in [1.82, 2.24) is 5.32 Å². The van der Waals surface area contributed by atoms with Gasteiger partial charge in [-0.25, -0.2) is 0 Å². The van der Waals surface area contributed by atoms with Crippen LogP contribution in [-0.2, 0) is 0 Å². The van der Waals surface area contributed by atoms with E-state index < -0.39 is 0 Å². The molecule has 1 aromatic rings. The van der Waals surface area contributed by atoms with Crippen molar-refractivity contribution in [2.75, 3.05) is 6.54 Å². The van der Waals surface area contributed by atoms with Crippen LogP contribution < -0.4 is 5.32 Å². The van der Waals surface area contributed by atoms with E-state index in [1.54, 1.807) is 0 Å². The first-order valence-electron chi connectivity index (χ1n) is 6.29. The van der Waals surface area contributed by atoms with E-state index in [9.17, 15) is 4.79 Å². The van der Waals surface area contributed by atoms with E-state index in [0.29, 0.717) is 18.0 Å². The minimum atomic E-state index is -0.0144. The second-order valence-corrected chi connectivity index (χ2v) is 6.49. The average molecular weight is 265 g/mol. The zero-order valence-electron chi connectivity index (χ0n) is 11.9. The molecule has 0 saturated heterocycles. The summed E-state index contributed by atoms with van der Waals surface area (Å²) in [6.07, 6.45) is 0. The lowest BCUT2D eigenvalue weighted by molar-refractivity contribution is 0.0936. The van der Waals surface area contributed by atoms with Crippen molar-refractivity contribution >= 4 is 18.5 Å². The number of benzene rings is 1. The molecule has 0 aliphatic rings. The predicted octanol–water partition coefficient (Wildman–Crippen LogP) is 3.70. The van der Waals surface area contributed by atoms with Gasteiger partial charge in [-0.3, -0.25) is 4.79 Å². The zero-order valence-corrected chi connectivity index (χ0v) is 12.8. The van der Waals surface area contributed by atoms with Gasteiger partial charge in [0, 0.05) is 17.0 Å². The van der Waals surface area contributed by atoms with E-state index in [1.165, 1.54) is 0 Å². The first-order valence-corrected chi connectivity index (χ1v) is 6.74. The monoisotopic (exact) mass is 265 g/mol. The molecule has 1 rings (SSSR count). The molecular formula is C15H23NOS. The second kappa shape index (κ2) is 5.79. The fourth-order valence-electron chi connectivity index (χ4n) is 1.50. The predicted molar refractivity (Wildman–Crippen MR) is 79.4 cm³/mol. The maximum atomic E-state index is 12.1. The van der Waals surface area contributed by atoms with Gasteiger partial charge >= 0.3 is 0 Å². The van der Waals surface area contributed by atoms with Gasteiger partial charge in [0.15, 0.2) is 0 Å². The summed E-state index contributed by atoms with van der Waals surface area (Å²) in [5, 5.41) is 3.00. The van der Waals surface area contributed by atoms with Crippen LogP contribution in [0.5, 0.6) is 0 Å². The number of rotatable bonds is 3. The van der Waals surface area contributed by atoms with Crippen LogP contribution in [0.25, 0.3) is 0 Å². The Morgan fingerprint density at radius 2 is 2.00 bits per heavy atom. The molecule has 2 nitrogen and oxygen atoms in total. The fourth-order valence-corrected chi connectivity index (χ4v) is 1.71. The highest BCUT2D eigenvalue weighted by Crippen LogP contribution is 2.24. The standard InChI is InChI=1S/C15H23NOS/c1-10-6-7-12(18)8-13(10)14(17)16-9-11(2)15(3,4)5/h6-8,11,18H,9H2,1-5H3,(H,16,17). The molecule has 3 heteroatoms. The number of aryl methyl sites for hydroxylation is 1. The van der Waals surface area contributed by atoms with Crippen LogP contribution in [0, 0.1) is 18.3 Å². The van der Waals surface area contributed by atoms with Crippen LogP contribution in [0.4, 0.5) is 0 Å². The van der Waals surface area contributed by atoms with E-state index in [2.05, 4.69) is 45.6 Å². The Bertz CT molecular complexity index is 435. The maximum absolute atomic E-state index is 12.1. The number of hydrogen-bond donors (Lipinski definition) is 2. The summed E-state index contributed by atoms with van der Waals surface area (Å²) in [7, 11) is 0. The van der Waals surface area contributed by atoms with Gasteiger partial charge in [0.2, 0.25) is 0 Å². The van der Waals surface area contributed by atoms with Crippen molar-refractivity contribution < 1.29 is 4.79 Å². The molecule has 0 fully saturated rings. The summed E-state index contributed by atoms with van der Waals surface area (Å²) < 4.78 is 0. The van der Waals surface area contributed by atoms with E-state index in [1.807, 2.05) is 25.1 Å². The number of carbonyl (C=O) groups is 1. The van der Waals surface area contributed by atoms with Crippen LogP contribution in [0.3, 0.4) is 0 Å². The highest BCUT2D eigenvalue weighted by Gasteiger charge is 2.20. The molecule has 0 radical (unpaired) electrons. The molecule has 1 N–H and O–H groups in total. The molecule has 100 valence electrons. The Labute approximate surface area is 116 Å². The molecule has 1 amide bonds. The SMILES string of the molecule is Cc1ccc(S)cc1C(=O)NCC(C)C(C)(C)C. The average Bonchev–Trinajstić information content (AvgIpc) is 2.27. The highest BCUT2D eigenvalue weighted by molar-refractivity contribution is 7.80. The lowest BCUT2D eigenvalue weighted by Crippen LogP contribution is -2.34. The van der Waals surface area contributed by atoms with Gasteiger partial charge in [0.25, 0.3) is 5.91 Å². The number of hydrogen-bond acceptors (Lipinski definition) is 2. The molecule has 0 heterocycles. The van der Waals surface area contributed by atoms with Crippen LogP contribution in [-0.4, -0.2) is 12.5 Å². The summed E-state index contributed by atoms with van der Waals surface area (Å²) in [6.45, 7) is 11.3. The molecule has 1 atom stereocenters. The number of thiol groups is 1. The van der Waals surface area contributed by atoms with Gasteiger partial charge in [-0.05, 0) is 36.0 Å². The fraction of sp³-hybridized carbons (Fsp3) is 0.533. The third-order valence-electron chi connectivity index (χ3n) is 3.51. The van der Waals surface area contributed by atoms with Gasteiger partial charge in [0.05, 0.1) is 0 Å². The van der Waals surface area contributed by atoms with Crippen molar-refractivity contribution in [2.24, 2.45) is 11.3 Å². The minimum Gasteiger partial charge on any atom is -0.352 e. The van der Waals surface area contributed by atoms with Gasteiger partial charge < -0.3 is 5.32 Å². The Kier molecular flexibility index (Phi) is 4.85. The van der Waals surface area contributed by atoms with E-state index in [0.717, 1.165) is 10.5 Å². The molecule has 0 aliphatic heterocycles. The maximum Gasteiger partial charge on any atom is 0.251 e. The summed E-state index contributed by atoms with van der Waals surface area (Å²) in [6, 6.07) is 5.63. The topological polar surface area (TPSA) is 29.1 Å². The molecule has 1 aromatic carbocycles. The summed E-state index contributed by atoms with van der Waals surface area (Å²) >= 11 is 4.27. The third-order valence-corrected chi connectivity index (χ3v) is 3.79. The molecule has 0 aromatic heterocycles. The summed E-state index contributed by atoms with van der Waals surface area (Å²) in [5.41, 5.74) is 1.89. The number of carbonyl (C=O) groups excluding carboxylic acids is 1.